The van der Waals surface area contributed by atoms with Crippen LogP contribution < -0.4 is 10.6 Å². The highest BCUT2D eigenvalue weighted by molar-refractivity contribution is 7.99. The Labute approximate surface area is 96.1 Å². The van der Waals surface area contributed by atoms with Gasteiger partial charge in [-0.25, -0.2) is 4.79 Å². The zero-order valence-corrected chi connectivity index (χ0v) is 10.1. The molecule has 1 rings (SSSR count). The van der Waals surface area contributed by atoms with Crippen molar-refractivity contribution in [2.45, 2.75) is 38.3 Å². The minimum atomic E-state index is -0.0313. The highest BCUT2D eigenvalue weighted by Gasteiger charge is 2.18. The summed E-state index contributed by atoms with van der Waals surface area (Å²) in [5.41, 5.74) is 0. The van der Waals surface area contributed by atoms with Crippen molar-refractivity contribution in [1.29, 1.82) is 0 Å². The molecule has 0 unspecified atom stereocenters. The van der Waals surface area contributed by atoms with Gasteiger partial charge in [-0.2, -0.15) is 11.8 Å². The van der Waals surface area contributed by atoms with Crippen molar-refractivity contribution in [2.24, 2.45) is 0 Å². The van der Waals surface area contributed by atoms with Crippen LogP contribution in [0.2, 0.25) is 0 Å². The van der Waals surface area contributed by atoms with Gasteiger partial charge in [-0.15, -0.1) is 6.58 Å². The average molecular weight is 228 g/mol. The van der Waals surface area contributed by atoms with E-state index in [9.17, 15) is 4.79 Å². The molecule has 3 nitrogen and oxygen atoms in total. The molecule has 86 valence electrons. The molecular weight excluding hydrogens is 208 g/mol. The summed E-state index contributed by atoms with van der Waals surface area (Å²) < 4.78 is 0. The number of urea groups is 1. The Balaban J connectivity index is 2.23. The molecular formula is C11H20N2OS. The summed E-state index contributed by atoms with van der Waals surface area (Å²) in [4.78, 5) is 11.6. The van der Waals surface area contributed by atoms with E-state index in [0.717, 1.165) is 30.8 Å². The van der Waals surface area contributed by atoms with Gasteiger partial charge in [-0.3, -0.25) is 0 Å². The van der Waals surface area contributed by atoms with Crippen molar-refractivity contribution in [3.05, 3.63) is 12.7 Å². The Morgan fingerprint density at radius 1 is 1.73 bits per heavy atom. The van der Waals surface area contributed by atoms with Crippen molar-refractivity contribution in [1.82, 2.24) is 10.6 Å². The zero-order chi connectivity index (χ0) is 11.1. The van der Waals surface area contributed by atoms with E-state index in [0.29, 0.717) is 6.04 Å². The third-order valence-corrected chi connectivity index (χ3v) is 3.71. The number of nitrogens with one attached hydrogen (secondary N) is 2. The minimum Gasteiger partial charge on any atom is -0.335 e. The fourth-order valence-corrected chi connectivity index (χ4v) is 2.74. The number of thioether (sulfide) groups is 1. The van der Waals surface area contributed by atoms with E-state index in [1.165, 1.54) is 0 Å². The van der Waals surface area contributed by atoms with Crippen LogP contribution >= 0.6 is 11.8 Å². The van der Waals surface area contributed by atoms with Gasteiger partial charge in [0, 0.05) is 17.8 Å². The van der Waals surface area contributed by atoms with Crippen molar-refractivity contribution >= 4 is 17.8 Å². The molecule has 15 heavy (non-hydrogen) atoms. The first-order chi connectivity index (χ1) is 7.26. The second-order valence-electron chi connectivity index (χ2n) is 3.81. The molecule has 1 aliphatic heterocycles. The van der Waals surface area contributed by atoms with Crippen LogP contribution in [-0.4, -0.2) is 29.6 Å². The molecule has 1 heterocycles. The summed E-state index contributed by atoms with van der Waals surface area (Å²) >= 11 is 1.90. The van der Waals surface area contributed by atoms with Gasteiger partial charge in [0.05, 0.1) is 0 Å². The molecule has 0 aliphatic carbocycles. The predicted octanol–water partition coefficient (Wildman–Crippen LogP) is 2.15. The molecule has 1 fully saturated rings. The summed E-state index contributed by atoms with van der Waals surface area (Å²) in [6, 6.07) is 0.545. The van der Waals surface area contributed by atoms with Crippen molar-refractivity contribution in [2.75, 3.05) is 11.5 Å². The van der Waals surface area contributed by atoms with E-state index in [4.69, 9.17) is 0 Å². The van der Waals surface area contributed by atoms with Crippen LogP contribution in [0.3, 0.4) is 0 Å². The molecule has 1 aliphatic rings. The van der Waals surface area contributed by atoms with Crippen LogP contribution in [0.4, 0.5) is 4.79 Å². The Bertz CT molecular complexity index is 215. The zero-order valence-electron chi connectivity index (χ0n) is 9.29. The molecule has 0 bridgehead atoms. The monoisotopic (exact) mass is 228 g/mol. The van der Waals surface area contributed by atoms with E-state index < -0.39 is 0 Å². The molecule has 0 aromatic rings. The maximum atomic E-state index is 11.6. The van der Waals surface area contributed by atoms with Gasteiger partial charge in [-0.1, -0.05) is 13.0 Å². The Kier molecular flexibility index (Phi) is 5.61. The van der Waals surface area contributed by atoms with Crippen molar-refractivity contribution in [3.63, 3.8) is 0 Å². The number of carbonyl (C=O) groups excluding carboxylic acids is 1. The van der Waals surface area contributed by atoms with Gasteiger partial charge in [-0.05, 0) is 25.0 Å². The number of amides is 2. The van der Waals surface area contributed by atoms with Crippen LogP contribution in [-0.2, 0) is 0 Å². The van der Waals surface area contributed by atoms with Gasteiger partial charge in [0.2, 0.25) is 0 Å². The standard InChI is InChI=1S/C11H20N2OS/c1-3-5-9(4-2)12-11(14)13-10-6-7-15-8-10/h3,9-10H,1,4-8H2,2H3,(H2,12,13,14)/t9-,10+/m0/s1. The predicted molar refractivity (Wildman–Crippen MR) is 66.3 cm³/mol. The van der Waals surface area contributed by atoms with Gasteiger partial charge >= 0.3 is 6.03 Å². The molecule has 0 aromatic heterocycles. The van der Waals surface area contributed by atoms with Gasteiger partial charge in [0.25, 0.3) is 0 Å². The summed E-state index contributed by atoms with van der Waals surface area (Å²) in [5.74, 6) is 2.21. The second-order valence-corrected chi connectivity index (χ2v) is 4.96. The highest BCUT2D eigenvalue weighted by atomic mass is 32.2. The Morgan fingerprint density at radius 2 is 2.53 bits per heavy atom. The second kappa shape index (κ2) is 6.77. The molecule has 2 amide bonds. The van der Waals surface area contributed by atoms with Crippen LogP contribution in [0, 0.1) is 0 Å². The van der Waals surface area contributed by atoms with Crippen molar-refractivity contribution in [3.8, 4) is 0 Å². The number of carbonyl (C=O) groups is 1. The topological polar surface area (TPSA) is 41.1 Å². The summed E-state index contributed by atoms with van der Waals surface area (Å²) in [6.07, 6.45) is 4.72. The quantitative estimate of drug-likeness (QED) is 0.708. The van der Waals surface area contributed by atoms with Crippen LogP contribution in [0.15, 0.2) is 12.7 Å². The fraction of sp³-hybridized carbons (Fsp3) is 0.727. The van der Waals surface area contributed by atoms with E-state index in [1.54, 1.807) is 0 Å². The van der Waals surface area contributed by atoms with Crippen molar-refractivity contribution < 1.29 is 4.79 Å². The molecule has 2 atom stereocenters. The van der Waals surface area contributed by atoms with E-state index >= 15 is 0 Å². The molecule has 4 heteroatoms. The first-order valence-corrected chi connectivity index (χ1v) is 6.67. The minimum absolute atomic E-state index is 0.0313. The lowest BCUT2D eigenvalue weighted by Crippen LogP contribution is -2.46. The Hall–Kier alpha value is -0.640. The van der Waals surface area contributed by atoms with Crippen LogP contribution in [0.25, 0.3) is 0 Å². The van der Waals surface area contributed by atoms with E-state index in [-0.39, 0.29) is 12.1 Å². The number of hydrogen-bond donors (Lipinski definition) is 2. The molecule has 0 saturated carbocycles. The largest absolute Gasteiger partial charge is 0.335 e. The van der Waals surface area contributed by atoms with Crippen LogP contribution in [0.5, 0.6) is 0 Å². The molecule has 1 saturated heterocycles. The molecule has 0 aromatic carbocycles. The fourth-order valence-electron chi connectivity index (χ4n) is 1.59. The summed E-state index contributed by atoms with van der Waals surface area (Å²) in [5, 5.41) is 5.96. The smallest absolute Gasteiger partial charge is 0.315 e. The number of hydrogen-bond acceptors (Lipinski definition) is 2. The average Bonchev–Trinajstić information content (AvgIpc) is 2.69. The summed E-state index contributed by atoms with van der Waals surface area (Å²) in [7, 11) is 0. The maximum Gasteiger partial charge on any atom is 0.315 e. The molecule has 2 N–H and O–H groups in total. The SMILES string of the molecule is C=CC[C@H](CC)NC(=O)N[C@@H]1CCSC1. The first kappa shape index (κ1) is 12.4. The summed E-state index contributed by atoms with van der Waals surface area (Å²) in [6.45, 7) is 5.75. The van der Waals surface area contributed by atoms with Gasteiger partial charge in [0.15, 0.2) is 0 Å². The first-order valence-electron chi connectivity index (χ1n) is 5.52. The maximum absolute atomic E-state index is 11.6. The third-order valence-electron chi connectivity index (χ3n) is 2.54. The van der Waals surface area contributed by atoms with E-state index in [2.05, 4.69) is 24.1 Å². The lowest BCUT2D eigenvalue weighted by atomic mass is 10.1. The van der Waals surface area contributed by atoms with Crippen LogP contribution in [0.1, 0.15) is 26.2 Å². The number of rotatable bonds is 5. The van der Waals surface area contributed by atoms with Gasteiger partial charge < -0.3 is 10.6 Å². The normalized spacial score (nSPS) is 22.1. The Morgan fingerprint density at radius 3 is 3.07 bits per heavy atom. The molecule has 0 spiro atoms. The lowest BCUT2D eigenvalue weighted by molar-refractivity contribution is 0.233. The molecule has 0 radical (unpaired) electrons. The lowest BCUT2D eigenvalue weighted by Gasteiger charge is -2.18. The van der Waals surface area contributed by atoms with Gasteiger partial charge in [0.1, 0.15) is 0 Å². The highest BCUT2D eigenvalue weighted by Crippen LogP contribution is 2.16. The van der Waals surface area contributed by atoms with E-state index in [1.807, 2.05) is 17.8 Å². The third kappa shape index (κ3) is 4.60.